The number of ether oxygens (including phenoxy) is 2. The van der Waals surface area contributed by atoms with Crippen LogP contribution in [0.3, 0.4) is 0 Å². The molecule has 0 saturated heterocycles. The first kappa shape index (κ1) is 16.7. The smallest absolute Gasteiger partial charge is 0.350 e. The third-order valence-corrected chi connectivity index (χ3v) is 3.00. The maximum Gasteiger partial charge on any atom is 0.350 e. The van der Waals surface area contributed by atoms with Crippen LogP contribution in [0.5, 0.6) is 0 Å². The van der Waals surface area contributed by atoms with Crippen molar-refractivity contribution in [2.24, 2.45) is 0 Å². The quantitative estimate of drug-likeness (QED) is 0.522. The maximum atomic E-state index is 11.8. The van der Waals surface area contributed by atoms with Crippen LogP contribution >= 0.6 is 11.3 Å². The van der Waals surface area contributed by atoms with Gasteiger partial charge in [0, 0.05) is 6.20 Å². The summed E-state index contributed by atoms with van der Waals surface area (Å²) in [5.74, 6) is -1.23. The number of esters is 2. The van der Waals surface area contributed by atoms with Gasteiger partial charge in [-0.25, -0.2) is 9.59 Å². The van der Waals surface area contributed by atoms with Crippen molar-refractivity contribution >= 4 is 28.3 Å². The van der Waals surface area contributed by atoms with Gasteiger partial charge in [0.25, 0.3) is 0 Å². The van der Waals surface area contributed by atoms with Crippen molar-refractivity contribution in [1.29, 1.82) is 5.26 Å². The highest BCUT2D eigenvalue weighted by atomic mass is 32.1. The highest BCUT2D eigenvalue weighted by Gasteiger charge is 2.20. The van der Waals surface area contributed by atoms with Crippen molar-refractivity contribution in [2.75, 3.05) is 12.4 Å². The molecule has 0 aliphatic rings. The van der Waals surface area contributed by atoms with Gasteiger partial charge in [-0.2, -0.15) is 5.26 Å². The van der Waals surface area contributed by atoms with E-state index < -0.39 is 17.5 Å². The molecule has 21 heavy (non-hydrogen) atoms. The molecule has 7 heteroatoms. The fraction of sp³-hybridized carbons (Fsp3) is 0.357. The van der Waals surface area contributed by atoms with Crippen LogP contribution in [0.1, 0.15) is 31.1 Å². The van der Waals surface area contributed by atoms with E-state index in [-0.39, 0.29) is 5.57 Å². The summed E-state index contributed by atoms with van der Waals surface area (Å²) in [6.45, 7) is 5.13. The summed E-state index contributed by atoms with van der Waals surface area (Å²) in [4.78, 5) is 23.3. The molecule has 0 aliphatic heterocycles. The zero-order valence-corrected chi connectivity index (χ0v) is 13.0. The van der Waals surface area contributed by atoms with E-state index >= 15 is 0 Å². The first-order chi connectivity index (χ1) is 9.78. The zero-order chi connectivity index (χ0) is 16.0. The lowest BCUT2D eigenvalue weighted by Crippen LogP contribution is -2.24. The first-order valence-electron chi connectivity index (χ1n) is 6.04. The number of methoxy groups -OCH3 is 1. The van der Waals surface area contributed by atoms with E-state index in [1.165, 1.54) is 24.6 Å². The average molecular weight is 308 g/mol. The van der Waals surface area contributed by atoms with Crippen LogP contribution in [0, 0.1) is 11.3 Å². The lowest BCUT2D eigenvalue weighted by molar-refractivity contribution is -0.149. The van der Waals surface area contributed by atoms with Gasteiger partial charge in [-0.1, -0.05) is 0 Å². The molecule has 0 bridgehead atoms. The lowest BCUT2D eigenvalue weighted by Gasteiger charge is -2.18. The van der Waals surface area contributed by atoms with Crippen molar-refractivity contribution in [1.82, 2.24) is 0 Å². The topological polar surface area (TPSA) is 88.4 Å². The number of carbonyl (C=O) groups is 2. The Balaban J connectivity index is 2.88. The Kier molecular flexibility index (Phi) is 5.50. The van der Waals surface area contributed by atoms with Crippen LogP contribution in [0.2, 0.25) is 0 Å². The number of hydrogen-bond acceptors (Lipinski definition) is 7. The van der Waals surface area contributed by atoms with Gasteiger partial charge < -0.3 is 14.8 Å². The van der Waals surface area contributed by atoms with Crippen molar-refractivity contribution in [3.8, 4) is 6.07 Å². The monoisotopic (exact) mass is 308 g/mol. The number of hydrogen-bond donors (Lipinski definition) is 1. The molecule has 0 unspecified atom stereocenters. The van der Waals surface area contributed by atoms with Gasteiger partial charge in [-0.15, -0.1) is 11.3 Å². The van der Waals surface area contributed by atoms with Crippen LogP contribution in [-0.4, -0.2) is 24.6 Å². The van der Waals surface area contributed by atoms with Crippen molar-refractivity contribution in [3.05, 3.63) is 28.8 Å². The number of rotatable bonds is 4. The minimum absolute atomic E-state index is 0.186. The summed E-state index contributed by atoms with van der Waals surface area (Å²) in [6, 6.07) is 3.35. The Hall–Kier alpha value is -2.33. The van der Waals surface area contributed by atoms with Crippen LogP contribution in [-0.2, 0) is 14.3 Å². The summed E-state index contributed by atoms with van der Waals surface area (Å²) in [5.41, 5.74) is -0.540. The van der Waals surface area contributed by atoms with E-state index in [2.05, 4.69) is 10.1 Å². The second-order valence-corrected chi connectivity index (χ2v) is 5.89. The number of carbonyl (C=O) groups excluding carboxylic acids is 2. The van der Waals surface area contributed by atoms with Gasteiger partial charge in [-0.3, -0.25) is 0 Å². The second kappa shape index (κ2) is 6.90. The molecule has 0 amide bonds. The molecule has 1 aromatic rings. The average Bonchev–Trinajstić information content (AvgIpc) is 2.85. The van der Waals surface area contributed by atoms with Gasteiger partial charge in [0.1, 0.15) is 16.7 Å². The molecule has 0 fully saturated rings. The molecule has 6 nitrogen and oxygen atoms in total. The van der Waals surface area contributed by atoms with E-state index in [1.807, 2.05) is 0 Å². The highest BCUT2D eigenvalue weighted by molar-refractivity contribution is 7.14. The van der Waals surface area contributed by atoms with Crippen molar-refractivity contribution in [3.63, 3.8) is 0 Å². The fourth-order valence-electron chi connectivity index (χ4n) is 1.30. The van der Waals surface area contributed by atoms with E-state index in [4.69, 9.17) is 10.00 Å². The summed E-state index contributed by atoms with van der Waals surface area (Å²) in [7, 11) is 1.28. The van der Waals surface area contributed by atoms with Gasteiger partial charge in [-0.05, 0) is 32.2 Å². The largest absolute Gasteiger partial charge is 0.465 e. The molecule has 1 N–H and O–H groups in total. The molecule has 112 valence electrons. The molecular weight excluding hydrogens is 292 g/mol. The Bertz CT molecular complexity index is 605. The lowest BCUT2D eigenvalue weighted by atomic mass is 10.2. The minimum Gasteiger partial charge on any atom is -0.465 e. The Morgan fingerprint density at radius 3 is 2.62 bits per heavy atom. The summed E-state index contributed by atoms with van der Waals surface area (Å²) >= 11 is 1.25. The minimum atomic E-state index is -0.728. The van der Waals surface area contributed by atoms with Crippen LogP contribution in [0.25, 0.3) is 0 Å². The van der Waals surface area contributed by atoms with Crippen LogP contribution < -0.4 is 5.32 Å². The predicted molar refractivity (Wildman–Crippen MR) is 78.8 cm³/mol. The molecule has 1 aromatic heterocycles. The Labute approximate surface area is 127 Å². The van der Waals surface area contributed by atoms with Gasteiger partial charge in [0.15, 0.2) is 5.57 Å². The number of nitrogens with zero attached hydrogens (tertiary/aromatic N) is 1. The van der Waals surface area contributed by atoms with E-state index in [1.54, 1.807) is 38.3 Å². The Morgan fingerprint density at radius 1 is 1.43 bits per heavy atom. The molecule has 0 radical (unpaired) electrons. The normalized spacial score (nSPS) is 11.5. The van der Waals surface area contributed by atoms with Crippen molar-refractivity contribution < 1.29 is 19.1 Å². The highest BCUT2D eigenvalue weighted by Crippen LogP contribution is 2.24. The van der Waals surface area contributed by atoms with Gasteiger partial charge in [0.2, 0.25) is 0 Å². The number of thiophene rings is 1. The van der Waals surface area contributed by atoms with Gasteiger partial charge >= 0.3 is 11.9 Å². The van der Waals surface area contributed by atoms with Gasteiger partial charge in [0.05, 0.1) is 12.7 Å². The number of nitriles is 1. The molecule has 1 heterocycles. The summed E-state index contributed by atoms with van der Waals surface area (Å²) in [5, 5.41) is 13.9. The SMILES string of the molecule is COC(=O)c1ccsc1NC=C(C#N)C(=O)OC(C)(C)C. The third-order valence-electron chi connectivity index (χ3n) is 2.16. The molecular formula is C14H16N2O4S. The van der Waals surface area contributed by atoms with E-state index in [9.17, 15) is 9.59 Å². The van der Waals surface area contributed by atoms with Crippen LogP contribution in [0.15, 0.2) is 23.2 Å². The van der Waals surface area contributed by atoms with Crippen molar-refractivity contribution in [2.45, 2.75) is 26.4 Å². The van der Waals surface area contributed by atoms with E-state index in [0.29, 0.717) is 10.6 Å². The van der Waals surface area contributed by atoms with Crippen LogP contribution in [0.4, 0.5) is 5.00 Å². The van der Waals surface area contributed by atoms with E-state index in [0.717, 1.165) is 0 Å². The Morgan fingerprint density at radius 2 is 2.10 bits per heavy atom. The molecule has 0 aliphatic carbocycles. The summed E-state index contributed by atoms with van der Waals surface area (Å²) < 4.78 is 9.73. The third kappa shape index (κ3) is 4.93. The molecule has 0 atom stereocenters. The fourth-order valence-corrected chi connectivity index (χ4v) is 2.04. The summed E-state index contributed by atoms with van der Waals surface area (Å²) in [6.07, 6.45) is 1.21. The first-order valence-corrected chi connectivity index (χ1v) is 6.92. The molecule has 0 aromatic carbocycles. The second-order valence-electron chi connectivity index (χ2n) is 4.97. The molecule has 1 rings (SSSR count). The number of anilines is 1. The maximum absolute atomic E-state index is 11.8. The zero-order valence-electron chi connectivity index (χ0n) is 12.2. The molecule has 0 spiro atoms. The molecule has 0 saturated carbocycles. The standard InChI is InChI=1S/C14H16N2O4S/c1-14(2,3)20-12(17)9(7-15)8-16-11-10(5-6-21-11)13(18)19-4/h5-6,8,16H,1-4H3. The predicted octanol–water partition coefficient (Wildman–Crippen LogP) is 2.70. The number of nitrogens with one attached hydrogen (secondary N) is 1.